The van der Waals surface area contributed by atoms with Crippen molar-refractivity contribution in [2.75, 3.05) is 4.90 Å². The Kier molecular flexibility index (Phi) is 5.91. The van der Waals surface area contributed by atoms with Crippen LogP contribution in [0.1, 0.15) is 0 Å². The fraction of sp³-hybridized carbons (Fsp3) is 0. The maximum atomic E-state index is 6.46. The van der Waals surface area contributed by atoms with E-state index in [2.05, 4.69) is 181 Å². The van der Waals surface area contributed by atoms with Crippen LogP contribution in [0.3, 0.4) is 0 Å². The Morgan fingerprint density at radius 3 is 1.71 bits per heavy atom. The first-order valence-corrected chi connectivity index (χ1v) is 16.4. The molecule has 0 amide bonds. The van der Waals surface area contributed by atoms with Gasteiger partial charge in [-0.3, -0.25) is 0 Å². The number of hydrogen-bond acceptors (Lipinski definition) is 2. The Hall–Kier alpha value is -6.38. The Labute approximate surface area is 277 Å². The van der Waals surface area contributed by atoms with E-state index >= 15 is 0 Å². The fourth-order valence-electron chi connectivity index (χ4n) is 7.58. The summed E-state index contributed by atoms with van der Waals surface area (Å²) in [6, 6.07) is 63.2. The van der Waals surface area contributed by atoms with Crippen molar-refractivity contribution in [3.05, 3.63) is 176 Å². The van der Waals surface area contributed by atoms with E-state index in [0.29, 0.717) is 0 Å². The van der Waals surface area contributed by atoms with Crippen molar-refractivity contribution in [1.82, 2.24) is 0 Å². The standard InChI is InChI=1S/C46H29NO/c1-2-11-36(12-3-1)47(41-15-8-16-42-46(41)45-39-14-7-5-10-32(39)24-28-43(45)48-42)37-25-21-30(22-26-37)34-23-27-40-35(29-34)20-19-33-18-17-31-9-4-6-13-38(31)44(33)40/h1-29H. The summed E-state index contributed by atoms with van der Waals surface area (Å²) in [7, 11) is 0. The van der Waals surface area contributed by atoms with Crippen LogP contribution in [0, 0.1) is 0 Å². The quantitative estimate of drug-likeness (QED) is 0.184. The van der Waals surface area contributed by atoms with E-state index in [1.54, 1.807) is 0 Å². The Balaban J connectivity index is 1.12. The van der Waals surface area contributed by atoms with Crippen molar-refractivity contribution in [2.24, 2.45) is 0 Å². The van der Waals surface area contributed by atoms with Gasteiger partial charge in [-0.05, 0) is 103 Å². The molecular weight excluding hydrogens is 583 g/mol. The van der Waals surface area contributed by atoms with E-state index in [0.717, 1.165) is 39.0 Å². The molecule has 0 spiro atoms. The lowest BCUT2D eigenvalue weighted by Crippen LogP contribution is -2.10. The molecule has 10 rings (SSSR count). The van der Waals surface area contributed by atoms with Crippen molar-refractivity contribution >= 4 is 82.1 Å². The van der Waals surface area contributed by atoms with Crippen LogP contribution in [0.4, 0.5) is 17.1 Å². The summed E-state index contributed by atoms with van der Waals surface area (Å²) < 4.78 is 6.46. The Morgan fingerprint density at radius 2 is 0.917 bits per heavy atom. The highest BCUT2D eigenvalue weighted by Gasteiger charge is 2.20. The molecule has 2 heteroatoms. The molecule has 0 N–H and O–H groups in total. The molecule has 0 unspecified atom stereocenters. The molecule has 1 aromatic heterocycles. The molecule has 0 bridgehead atoms. The van der Waals surface area contributed by atoms with Crippen molar-refractivity contribution in [3.8, 4) is 11.1 Å². The maximum Gasteiger partial charge on any atom is 0.137 e. The second kappa shape index (κ2) is 10.6. The summed E-state index contributed by atoms with van der Waals surface area (Å²) >= 11 is 0. The molecule has 10 aromatic rings. The van der Waals surface area contributed by atoms with Gasteiger partial charge in [0.1, 0.15) is 11.2 Å². The summed E-state index contributed by atoms with van der Waals surface area (Å²) in [6.07, 6.45) is 0. The van der Waals surface area contributed by atoms with Crippen LogP contribution in [-0.2, 0) is 0 Å². The molecule has 0 aliphatic carbocycles. The molecule has 224 valence electrons. The first kappa shape index (κ1) is 26.8. The predicted molar refractivity (Wildman–Crippen MR) is 204 cm³/mol. The van der Waals surface area contributed by atoms with Crippen molar-refractivity contribution in [2.45, 2.75) is 0 Å². The number of para-hydroxylation sites is 1. The predicted octanol–water partition coefficient (Wildman–Crippen LogP) is 13.3. The normalized spacial score (nSPS) is 11.8. The number of fused-ring (bicyclic) bond motifs is 10. The lowest BCUT2D eigenvalue weighted by Gasteiger charge is -2.26. The topological polar surface area (TPSA) is 16.4 Å². The summed E-state index contributed by atoms with van der Waals surface area (Å²) in [6.45, 7) is 0. The Bertz CT molecular complexity index is 2830. The minimum Gasteiger partial charge on any atom is -0.456 e. The van der Waals surface area contributed by atoms with Gasteiger partial charge in [0.25, 0.3) is 0 Å². The molecular formula is C46H29NO. The zero-order valence-electron chi connectivity index (χ0n) is 26.1. The average Bonchev–Trinajstić information content (AvgIpc) is 3.55. The van der Waals surface area contributed by atoms with Gasteiger partial charge in [0, 0.05) is 16.8 Å². The van der Waals surface area contributed by atoms with Crippen LogP contribution < -0.4 is 4.90 Å². The number of nitrogens with zero attached hydrogens (tertiary/aromatic N) is 1. The highest BCUT2D eigenvalue weighted by atomic mass is 16.3. The van der Waals surface area contributed by atoms with Crippen LogP contribution in [-0.4, -0.2) is 0 Å². The fourth-order valence-corrected chi connectivity index (χ4v) is 7.58. The summed E-state index contributed by atoms with van der Waals surface area (Å²) in [5.74, 6) is 0. The summed E-state index contributed by atoms with van der Waals surface area (Å²) in [5, 5.41) is 12.4. The van der Waals surface area contributed by atoms with Crippen LogP contribution >= 0.6 is 0 Å². The van der Waals surface area contributed by atoms with Crippen LogP contribution in [0.5, 0.6) is 0 Å². The van der Waals surface area contributed by atoms with E-state index in [9.17, 15) is 0 Å². The molecule has 0 atom stereocenters. The molecule has 0 fully saturated rings. The smallest absolute Gasteiger partial charge is 0.137 e. The minimum atomic E-state index is 0.882. The third-order valence-electron chi connectivity index (χ3n) is 9.80. The number of anilines is 3. The van der Waals surface area contributed by atoms with E-state index in [1.165, 1.54) is 54.2 Å². The van der Waals surface area contributed by atoms with Gasteiger partial charge in [-0.1, -0.05) is 127 Å². The molecule has 0 aliphatic rings. The molecule has 0 saturated heterocycles. The van der Waals surface area contributed by atoms with E-state index < -0.39 is 0 Å². The van der Waals surface area contributed by atoms with Gasteiger partial charge < -0.3 is 9.32 Å². The lowest BCUT2D eigenvalue weighted by atomic mass is 9.94. The average molecular weight is 612 g/mol. The van der Waals surface area contributed by atoms with Crippen LogP contribution in [0.15, 0.2) is 180 Å². The third kappa shape index (κ3) is 4.13. The van der Waals surface area contributed by atoms with E-state index in [1.807, 2.05) is 0 Å². The second-order valence-corrected chi connectivity index (χ2v) is 12.5. The molecule has 48 heavy (non-hydrogen) atoms. The molecule has 2 nitrogen and oxygen atoms in total. The molecule has 0 radical (unpaired) electrons. The van der Waals surface area contributed by atoms with Gasteiger partial charge in [0.15, 0.2) is 0 Å². The van der Waals surface area contributed by atoms with Gasteiger partial charge in [-0.15, -0.1) is 0 Å². The highest BCUT2D eigenvalue weighted by molar-refractivity contribution is 6.23. The van der Waals surface area contributed by atoms with Crippen molar-refractivity contribution < 1.29 is 4.42 Å². The van der Waals surface area contributed by atoms with Gasteiger partial charge in [0.2, 0.25) is 0 Å². The monoisotopic (exact) mass is 611 g/mol. The molecule has 0 aliphatic heterocycles. The molecule has 1 heterocycles. The lowest BCUT2D eigenvalue weighted by molar-refractivity contribution is 0.669. The van der Waals surface area contributed by atoms with Crippen molar-refractivity contribution in [1.29, 1.82) is 0 Å². The van der Waals surface area contributed by atoms with Gasteiger partial charge >= 0.3 is 0 Å². The largest absolute Gasteiger partial charge is 0.456 e. The van der Waals surface area contributed by atoms with Gasteiger partial charge in [0.05, 0.1) is 11.1 Å². The third-order valence-corrected chi connectivity index (χ3v) is 9.80. The number of benzene rings is 9. The first-order chi connectivity index (χ1) is 23.8. The minimum absolute atomic E-state index is 0.882. The van der Waals surface area contributed by atoms with Crippen molar-refractivity contribution in [3.63, 3.8) is 0 Å². The van der Waals surface area contributed by atoms with Crippen LogP contribution in [0.25, 0.3) is 76.2 Å². The van der Waals surface area contributed by atoms with Gasteiger partial charge in [-0.2, -0.15) is 0 Å². The second-order valence-electron chi connectivity index (χ2n) is 12.5. The first-order valence-electron chi connectivity index (χ1n) is 16.4. The number of rotatable bonds is 4. The molecule has 9 aromatic carbocycles. The summed E-state index contributed by atoms with van der Waals surface area (Å²) in [4.78, 5) is 2.35. The Morgan fingerprint density at radius 1 is 0.333 bits per heavy atom. The van der Waals surface area contributed by atoms with Gasteiger partial charge in [-0.25, -0.2) is 0 Å². The zero-order valence-corrected chi connectivity index (χ0v) is 26.1. The van der Waals surface area contributed by atoms with E-state index in [4.69, 9.17) is 4.42 Å². The SMILES string of the molecule is c1ccc(N(c2ccc(-c3ccc4c(ccc5ccc6ccccc6c54)c3)cc2)c2cccc3oc4ccc5ccccc5c4c23)cc1. The number of furan rings is 1. The highest BCUT2D eigenvalue weighted by Crippen LogP contribution is 2.45. The maximum absolute atomic E-state index is 6.46. The molecule has 0 saturated carbocycles. The zero-order chi connectivity index (χ0) is 31.6. The van der Waals surface area contributed by atoms with Crippen LogP contribution in [0.2, 0.25) is 0 Å². The van der Waals surface area contributed by atoms with E-state index in [-0.39, 0.29) is 0 Å². The number of hydrogen-bond donors (Lipinski definition) is 0. The summed E-state index contributed by atoms with van der Waals surface area (Å²) in [5.41, 5.74) is 7.44.